The normalized spacial score (nSPS) is 10.8. The average molecular weight is 392 g/mol. The van der Waals surface area contributed by atoms with Gasteiger partial charge in [-0.2, -0.15) is 0 Å². The fraction of sp³-hybridized carbons (Fsp3) is 0.421. The van der Waals surface area contributed by atoms with Crippen molar-refractivity contribution in [2.75, 3.05) is 20.3 Å². The predicted molar refractivity (Wildman–Crippen MR) is 103 cm³/mol. The Morgan fingerprint density at radius 1 is 1.26 bits per heavy atom. The molecule has 8 heteroatoms. The van der Waals surface area contributed by atoms with Crippen molar-refractivity contribution >= 4 is 23.2 Å². The molecule has 0 radical (unpaired) electrons. The molecule has 2 rings (SSSR count). The third kappa shape index (κ3) is 6.33. The number of methoxy groups -OCH3 is 1. The number of ketones is 1. The molecule has 0 atom stereocenters. The lowest BCUT2D eigenvalue weighted by molar-refractivity contribution is -0.121. The summed E-state index contributed by atoms with van der Waals surface area (Å²) in [5, 5.41) is 1.93. The standard InChI is InChI=1S/C19H24N2O5S/c1-12(2)16(22)9-13-5-6-14(17(10-13)25-8-4-7-24-3)15-11-27-19(21-15)26-18(20)23/h5-6,10-12H,4,7-9H2,1-3H3,(H2,20,23). The summed E-state index contributed by atoms with van der Waals surface area (Å²) in [6.07, 6.45) is 0.173. The fourth-order valence-corrected chi connectivity index (χ4v) is 2.99. The minimum Gasteiger partial charge on any atom is -0.493 e. The highest BCUT2D eigenvalue weighted by Gasteiger charge is 2.15. The zero-order valence-electron chi connectivity index (χ0n) is 15.7. The van der Waals surface area contributed by atoms with Gasteiger partial charge in [-0.3, -0.25) is 4.79 Å². The number of aromatic nitrogens is 1. The molecule has 146 valence electrons. The quantitative estimate of drug-likeness (QED) is 0.622. The number of amides is 1. The van der Waals surface area contributed by atoms with E-state index >= 15 is 0 Å². The monoisotopic (exact) mass is 392 g/mol. The van der Waals surface area contributed by atoms with Gasteiger partial charge in [-0.25, -0.2) is 9.78 Å². The van der Waals surface area contributed by atoms with E-state index in [1.807, 2.05) is 32.0 Å². The van der Waals surface area contributed by atoms with Gasteiger partial charge in [0.1, 0.15) is 11.5 Å². The number of nitrogens with two attached hydrogens (primary N) is 1. The molecule has 0 saturated heterocycles. The van der Waals surface area contributed by atoms with Crippen LogP contribution in [-0.2, 0) is 16.0 Å². The summed E-state index contributed by atoms with van der Waals surface area (Å²) in [5.74, 6) is 0.762. The zero-order valence-corrected chi connectivity index (χ0v) is 16.5. The van der Waals surface area contributed by atoms with Gasteiger partial charge in [-0.05, 0) is 17.7 Å². The fourth-order valence-electron chi connectivity index (χ4n) is 2.31. The van der Waals surface area contributed by atoms with Gasteiger partial charge < -0.3 is 19.9 Å². The molecule has 0 aliphatic heterocycles. The van der Waals surface area contributed by atoms with Crippen molar-refractivity contribution in [1.82, 2.24) is 4.98 Å². The summed E-state index contributed by atoms with van der Waals surface area (Å²) in [5.41, 5.74) is 7.27. The van der Waals surface area contributed by atoms with E-state index in [1.165, 1.54) is 11.3 Å². The molecule has 0 bridgehead atoms. The van der Waals surface area contributed by atoms with Gasteiger partial charge in [-0.15, -0.1) is 0 Å². The molecule has 1 aromatic heterocycles. The van der Waals surface area contributed by atoms with Gasteiger partial charge in [0.25, 0.3) is 5.19 Å². The lowest BCUT2D eigenvalue weighted by atomic mass is 9.99. The minimum atomic E-state index is -0.908. The van der Waals surface area contributed by atoms with Crippen LogP contribution in [0.5, 0.6) is 10.9 Å². The predicted octanol–water partition coefficient (Wildman–Crippen LogP) is 3.45. The number of rotatable bonds is 10. The number of ether oxygens (including phenoxy) is 3. The molecule has 1 aromatic carbocycles. The molecule has 1 amide bonds. The van der Waals surface area contributed by atoms with E-state index in [1.54, 1.807) is 12.5 Å². The van der Waals surface area contributed by atoms with Crippen molar-refractivity contribution in [3.63, 3.8) is 0 Å². The number of carbonyl (C=O) groups is 2. The minimum absolute atomic E-state index is 0.0252. The summed E-state index contributed by atoms with van der Waals surface area (Å²) >= 11 is 1.17. The lowest BCUT2D eigenvalue weighted by Crippen LogP contribution is -2.15. The van der Waals surface area contributed by atoms with E-state index in [-0.39, 0.29) is 16.9 Å². The molecule has 0 unspecified atom stereocenters. The summed E-state index contributed by atoms with van der Waals surface area (Å²) in [6.45, 7) is 4.83. The maximum absolute atomic E-state index is 12.1. The topological polar surface area (TPSA) is 101 Å². The molecule has 0 aliphatic rings. The molecule has 0 saturated carbocycles. The van der Waals surface area contributed by atoms with E-state index in [9.17, 15) is 9.59 Å². The molecule has 0 spiro atoms. The Hall–Kier alpha value is -2.45. The number of primary amides is 1. The summed E-state index contributed by atoms with van der Waals surface area (Å²) in [6, 6.07) is 5.60. The maximum atomic E-state index is 12.1. The van der Waals surface area contributed by atoms with Crippen molar-refractivity contribution < 1.29 is 23.8 Å². The van der Waals surface area contributed by atoms with Crippen LogP contribution < -0.4 is 15.2 Å². The Morgan fingerprint density at radius 3 is 2.70 bits per heavy atom. The first kappa shape index (κ1) is 20.9. The van der Waals surface area contributed by atoms with E-state index in [2.05, 4.69) is 4.98 Å². The van der Waals surface area contributed by atoms with Crippen molar-refractivity contribution in [2.24, 2.45) is 11.7 Å². The number of hydrogen-bond acceptors (Lipinski definition) is 7. The molecule has 1 heterocycles. The summed E-state index contributed by atoms with van der Waals surface area (Å²) < 4.78 is 15.8. The number of hydrogen-bond donors (Lipinski definition) is 1. The van der Waals surface area contributed by atoms with Crippen LogP contribution in [0.15, 0.2) is 23.6 Å². The second-order valence-corrected chi connectivity index (χ2v) is 7.06. The van der Waals surface area contributed by atoms with E-state index < -0.39 is 6.09 Å². The first-order valence-corrected chi connectivity index (χ1v) is 9.49. The van der Waals surface area contributed by atoms with Crippen LogP contribution in [0.4, 0.5) is 4.79 Å². The average Bonchev–Trinajstić information content (AvgIpc) is 3.06. The Balaban J connectivity index is 2.26. The van der Waals surface area contributed by atoms with Crippen LogP contribution in [0.2, 0.25) is 0 Å². The van der Waals surface area contributed by atoms with E-state index in [0.29, 0.717) is 31.1 Å². The maximum Gasteiger partial charge on any atom is 0.411 e. The molecule has 27 heavy (non-hydrogen) atoms. The second-order valence-electron chi connectivity index (χ2n) is 6.24. The molecule has 0 fully saturated rings. The number of benzene rings is 1. The molecule has 2 aromatic rings. The van der Waals surface area contributed by atoms with Crippen molar-refractivity contribution in [3.05, 3.63) is 29.1 Å². The Kier molecular flexibility index (Phi) is 7.75. The zero-order chi connectivity index (χ0) is 19.8. The molecule has 2 N–H and O–H groups in total. The smallest absolute Gasteiger partial charge is 0.411 e. The number of carbonyl (C=O) groups excluding carboxylic acids is 2. The van der Waals surface area contributed by atoms with Crippen LogP contribution in [0.3, 0.4) is 0 Å². The highest BCUT2D eigenvalue weighted by atomic mass is 32.1. The van der Waals surface area contributed by atoms with Crippen molar-refractivity contribution in [1.29, 1.82) is 0 Å². The number of Topliss-reactive ketones (excluding diaryl/α,β-unsaturated/α-hetero) is 1. The number of thiazole rings is 1. The van der Waals surface area contributed by atoms with Gasteiger partial charge >= 0.3 is 6.09 Å². The van der Waals surface area contributed by atoms with Crippen LogP contribution in [0, 0.1) is 5.92 Å². The van der Waals surface area contributed by atoms with Crippen LogP contribution in [-0.4, -0.2) is 37.2 Å². The molecular weight excluding hydrogens is 368 g/mol. The Labute approximate surface area is 162 Å². The SMILES string of the molecule is COCCCOc1cc(CC(=O)C(C)C)ccc1-c1csc(OC(N)=O)n1. The van der Waals surface area contributed by atoms with Crippen LogP contribution in [0.25, 0.3) is 11.3 Å². The highest BCUT2D eigenvalue weighted by Crippen LogP contribution is 2.34. The Morgan fingerprint density at radius 2 is 2.04 bits per heavy atom. The number of nitrogens with zero attached hydrogens (tertiary/aromatic N) is 1. The van der Waals surface area contributed by atoms with E-state index in [0.717, 1.165) is 17.5 Å². The summed E-state index contributed by atoms with van der Waals surface area (Å²) in [7, 11) is 1.64. The second kappa shape index (κ2) is 10.0. The van der Waals surface area contributed by atoms with Gasteiger partial charge in [0.15, 0.2) is 0 Å². The Bertz CT molecular complexity index is 788. The molecule has 7 nitrogen and oxygen atoms in total. The van der Waals surface area contributed by atoms with Gasteiger partial charge in [0, 0.05) is 43.4 Å². The van der Waals surface area contributed by atoms with Crippen LogP contribution >= 0.6 is 11.3 Å². The third-order valence-electron chi connectivity index (χ3n) is 3.77. The first-order chi connectivity index (χ1) is 12.9. The summed E-state index contributed by atoms with van der Waals surface area (Å²) in [4.78, 5) is 27.2. The van der Waals surface area contributed by atoms with Crippen molar-refractivity contribution in [3.8, 4) is 22.2 Å². The van der Waals surface area contributed by atoms with Gasteiger partial charge in [-0.1, -0.05) is 31.3 Å². The molecule has 0 aliphatic carbocycles. The third-order valence-corrected chi connectivity index (χ3v) is 4.48. The molecular formula is C19H24N2O5S. The van der Waals surface area contributed by atoms with E-state index in [4.69, 9.17) is 19.9 Å². The van der Waals surface area contributed by atoms with Gasteiger partial charge in [0.2, 0.25) is 0 Å². The van der Waals surface area contributed by atoms with Gasteiger partial charge in [0.05, 0.1) is 12.3 Å². The highest BCUT2D eigenvalue weighted by molar-refractivity contribution is 7.11. The lowest BCUT2D eigenvalue weighted by Gasteiger charge is -2.13. The van der Waals surface area contributed by atoms with Crippen molar-refractivity contribution in [2.45, 2.75) is 26.7 Å². The first-order valence-electron chi connectivity index (χ1n) is 8.61. The largest absolute Gasteiger partial charge is 0.493 e. The van der Waals surface area contributed by atoms with Crippen LogP contribution in [0.1, 0.15) is 25.8 Å².